The van der Waals surface area contributed by atoms with E-state index in [1.54, 1.807) is 0 Å². The van der Waals surface area contributed by atoms with Gasteiger partial charge in [0.15, 0.2) is 0 Å². The Hall–Kier alpha value is -0.370. The number of carbonyl (C=O) groups is 1. The number of rotatable bonds is 12. The summed E-state index contributed by atoms with van der Waals surface area (Å²) in [6.45, 7) is 9.64. The summed E-state index contributed by atoms with van der Waals surface area (Å²) in [6.07, 6.45) is 8.84. The van der Waals surface area contributed by atoms with Crippen LogP contribution in [-0.4, -0.2) is 12.3 Å². The fourth-order valence-electron chi connectivity index (χ4n) is 2.73. The minimum atomic E-state index is 0.303. The molecule has 0 aliphatic rings. The Kier molecular flexibility index (Phi) is 11.2. The molecule has 0 aliphatic heterocycles. The number of ketones is 1. The lowest BCUT2D eigenvalue weighted by atomic mass is 9.80. The van der Waals surface area contributed by atoms with Crippen molar-refractivity contribution in [3.05, 3.63) is 0 Å². The Balaban J connectivity index is 4.19. The summed E-state index contributed by atoms with van der Waals surface area (Å²) < 4.78 is 0. The molecular weight excluding hydrogens is 234 g/mol. The van der Waals surface area contributed by atoms with Crippen LogP contribution in [0.15, 0.2) is 0 Å². The number of Topliss-reactive ketones (excluding diaryl/α,β-unsaturated/α-hetero) is 1. The molecule has 0 fully saturated rings. The van der Waals surface area contributed by atoms with Gasteiger partial charge in [0.05, 0.1) is 0 Å². The maximum absolute atomic E-state index is 12.0. The third-order valence-corrected chi connectivity index (χ3v) is 4.45. The van der Waals surface area contributed by atoms with E-state index in [0.717, 1.165) is 25.8 Å². The molecular formula is C17H35NO. The molecule has 2 heteroatoms. The van der Waals surface area contributed by atoms with Gasteiger partial charge in [0.25, 0.3) is 0 Å². The fraction of sp³-hybridized carbons (Fsp3) is 0.941. The Morgan fingerprint density at radius 3 is 2.21 bits per heavy atom. The average Bonchev–Trinajstić information content (AvgIpc) is 2.42. The second-order valence-electron chi connectivity index (χ2n) is 6.13. The van der Waals surface area contributed by atoms with Crippen molar-refractivity contribution in [2.45, 2.75) is 79.1 Å². The van der Waals surface area contributed by atoms with Gasteiger partial charge >= 0.3 is 0 Å². The molecule has 2 N–H and O–H groups in total. The third kappa shape index (κ3) is 8.41. The quantitative estimate of drug-likeness (QED) is 0.528. The van der Waals surface area contributed by atoms with Crippen LogP contribution in [0.4, 0.5) is 0 Å². The van der Waals surface area contributed by atoms with Gasteiger partial charge in [-0.2, -0.15) is 0 Å². The lowest BCUT2D eigenvalue weighted by Gasteiger charge is -2.24. The van der Waals surface area contributed by atoms with E-state index in [1.165, 1.54) is 25.7 Å². The molecule has 0 aromatic carbocycles. The van der Waals surface area contributed by atoms with E-state index in [4.69, 9.17) is 5.73 Å². The minimum Gasteiger partial charge on any atom is -0.330 e. The first-order chi connectivity index (χ1) is 9.06. The number of hydrogen-bond acceptors (Lipinski definition) is 2. The predicted molar refractivity (Wildman–Crippen MR) is 84.2 cm³/mol. The van der Waals surface area contributed by atoms with Crippen LogP contribution >= 0.6 is 0 Å². The van der Waals surface area contributed by atoms with Crippen LogP contribution in [0.5, 0.6) is 0 Å². The van der Waals surface area contributed by atoms with Crippen molar-refractivity contribution in [3.8, 4) is 0 Å². The standard InChI is InChI=1S/C17H35NO/c1-5-7-11-16(17(19)6-2)13-15(4)14(3)10-8-9-12-18/h14-16H,5-13,18H2,1-4H3/t14-,15+,16?/m1/s1. The number of carbonyl (C=O) groups excluding carboxylic acids is 1. The van der Waals surface area contributed by atoms with Gasteiger partial charge in [0.1, 0.15) is 5.78 Å². The van der Waals surface area contributed by atoms with Crippen LogP contribution in [-0.2, 0) is 4.79 Å². The van der Waals surface area contributed by atoms with Gasteiger partial charge in [-0.3, -0.25) is 4.79 Å². The second kappa shape index (κ2) is 11.5. The summed E-state index contributed by atoms with van der Waals surface area (Å²) in [4.78, 5) is 12.0. The van der Waals surface area contributed by atoms with Crippen molar-refractivity contribution in [3.63, 3.8) is 0 Å². The molecule has 0 aromatic rings. The van der Waals surface area contributed by atoms with Crippen LogP contribution in [0.2, 0.25) is 0 Å². The van der Waals surface area contributed by atoms with Crippen molar-refractivity contribution in [2.24, 2.45) is 23.5 Å². The molecule has 1 unspecified atom stereocenters. The third-order valence-electron chi connectivity index (χ3n) is 4.45. The first-order valence-electron chi connectivity index (χ1n) is 8.29. The van der Waals surface area contributed by atoms with E-state index in [1.807, 2.05) is 6.92 Å². The van der Waals surface area contributed by atoms with Crippen LogP contribution in [0.1, 0.15) is 79.1 Å². The molecule has 0 aromatic heterocycles. The molecule has 2 nitrogen and oxygen atoms in total. The monoisotopic (exact) mass is 269 g/mol. The maximum Gasteiger partial charge on any atom is 0.135 e. The highest BCUT2D eigenvalue weighted by Gasteiger charge is 2.22. The zero-order valence-electron chi connectivity index (χ0n) is 13.6. The van der Waals surface area contributed by atoms with Crippen molar-refractivity contribution in [1.29, 1.82) is 0 Å². The van der Waals surface area contributed by atoms with E-state index >= 15 is 0 Å². The van der Waals surface area contributed by atoms with E-state index < -0.39 is 0 Å². The van der Waals surface area contributed by atoms with Crippen molar-refractivity contribution < 1.29 is 4.79 Å². The first-order valence-corrected chi connectivity index (χ1v) is 8.29. The van der Waals surface area contributed by atoms with E-state index in [2.05, 4.69) is 20.8 Å². The predicted octanol–water partition coefficient (Wildman–Crippen LogP) is 4.56. The van der Waals surface area contributed by atoms with Gasteiger partial charge in [-0.15, -0.1) is 0 Å². The highest BCUT2D eigenvalue weighted by atomic mass is 16.1. The van der Waals surface area contributed by atoms with Crippen LogP contribution in [0, 0.1) is 17.8 Å². The summed E-state index contributed by atoms with van der Waals surface area (Å²) in [7, 11) is 0. The summed E-state index contributed by atoms with van der Waals surface area (Å²) in [6, 6.07) is 0. The number of unbranched alkanes of at least 4 members (excludes halogenated alkanes) is 2. The van der Waals surface area contributed by atoms with Gasteiger partial charge in [-0.1, -0.05) is 53.4 Å². The lowest BCUT2D eigenvalue weighted by Crippen LogP contribution is -2.20. The van der Waals surface area contributed by atoms with Crippen molar-refractivity contribution in [1.82, 2.24) is 0 Å². The summed E-state index contributed by atoms with van der Waals surface area (Å²) >= 11 is 0. The highest BCUT2D eigenvalue weighted by Crippen LogP contribution is 2.27. The molecule has 114 valence electrons. The van der Waals surface area contributed by atoms with Gasteiger partial charge in [0.2, 0.25) is 0 Å². The summed E-state index contributed by atoms with van der Waals surface area (Å²) in [5.41, 5.74) is 5.54. The molecule has 0 radical (unpaired) electrons. The van der Waals surface area contributed by atoms with Crippen molar-refractivity contribution in [2.75, 3.05) is 6.54 Å². The Morgan fingerprint density at radius 2 is 1.68 bits per heavy atom. The largest absolute Gasteiger partial charge is 0.330 e. The molecule has 0 heterocycles. The normalized spacial score (nSPS) is 16.1. The van der Waals surface area contributed by atoms with E-state index in [9.17, 15) is 4.79 Å². The second-order valence-corrected chi connectivity index (χ2v) is 6.13. The number of hydrogen-bond donors (Lipinski definition) is 1. The van der Waals surface area contributed by atoms with E-state index in [-0.39, 0.29) is 0 Å². The van der Waals surface area contributed by atoms with Crippen LogP contribution < -0.4 is 5.73 Å². The molecule has 0 rings (SSSR count). The zero-order chi connectivity index (χ0) is 14.7. The Morgan fingerprint density at radius 1 is 1.00 bits per heavy atom. The van der Waals surface area contributed by atoms with Crippen LogP contribution in [0.25, 0.3) is 0 Å². The van der Waals surface area contributed by atoms with E-state index in [0.29, 0.717) is 30.0 Å². The molecule has 0 bridgehead atoms. The SMILES string of the molecule is CCCCC(C[C@H](C)[C@H](C)CCCCN)C(=O)CC. The summed E-state index contributed by atoms with van der Waals surface area (Å²) in [5, 5.41) is 0. The van der Waals surface area contributed by atoms with Crippen LogP contribution in [0.3, 0.4) is 0 Å². The molecule has 0 spiro atoms. The van der Waals surface area contributed by atoms with Gasteiger partial charge in [-0.05, 0) is 37.6 Å². The molecule has 0 amide bonds. The molecule has 0 saturated carbocycles. The number of nitrogens with two attached hydrogens (primary N) is 1. The van der Waals surface area contributed by atoms with Gasteiger partial charge < -0.3 is 5.73 Å². The summed E-state index contributed by atoms with van der Waals surface area (Å²) in [5.74, 6) is 2.13. The molecule has 0 saturated heterocycles. The average molecular weight is 269 g/mol. The topological polar surface area (TPSA) is 43.1 Å². The Bertz CT molecular complexity index is 227. The molecule has 0 aliphatic carbocycles. The lowest BCUT2D eigenvalue weighted by molar-refractivity contribution is -0.123. The molecule has 3 atom stereocenters. The molecule has 19 heavy (non-hydrogen) atoms. The highest BCUT2D eigenvalue weighted by molar-refractivity contribution is 5.80. The smallest absolute Gasteiger partial charge is 0.135 e. The zero-order valence-corrected chi connectivity index (χ0v) is 13.6. The van der Waals surface area contributed by atoms with Crippen molar-refractivity contribution >= 4 is 5.78 Å². The fourth-order valence-corrected chi connectivity index (χ4v) is 2.73. The maximum atomic E-state index is 12.0. The van der Waals surface area contributed by atoms with Gasteiger partial charge in [-0.25, -0.2) is 0 Å². The minimum absolute atomic E-state index is 0.303. The Labute approximate surface area is 120 Å². The van der Waals surface area contributed by atoms with Gasteiger partial charge in [0, 0.05) is 12.3 Å². The first kappa shape index (κ1) is 18.6.